The minimum absolute atomic E-state index is 0.572. The van der Waals surface area contributed by atoms with Gasteiger partial charge in [-0.3, -0.25) is 9.36 Å². The summed E-state index contributed by atoms with van der Waals surface area (Å²) in [5, 5.41) is 8.67. The largest absolute Gasteiger partial charge is 0.313 e. The summed E-state index contributed by atoms with van der Waals surface area (Å²) in [6.07, 6.45) is 5.63. The molecule has 3 rings (SSSR count). The molecule has 0 spiro atoms. The van der Waals surface area contributed by atoms with E-state index in [1.165, 1.54) is 5.56 Å². The molecule has 3 heterocycles. The van der Waals surface area contributed by atoms with Gasteiger partial charge in [-0.05, 0) is 18.9 Å². The van der Waals surface area contributed by atoms with Crippen LogP contribution in [0.1, 0.15) is 17.1 Å². The van der Waals surface area contributed by atoms with Crippen LogP contribution in [-0.2, 0) is 33.5 Å². The summed E-state index contributed by atoms with van der Waals surface area (Å²) in [7, 11) is 3.89. The molecule has 0 radical (unpaired) electrons. The van der Waals surface area contributed by atoms with Crippen LogP contribution in [0.15, 0.2) is 12.4 Å². The van der Waals surface area contributed by atoms with Gasteiger partial charge < -0.3 is 4.57 Å². The molecular formula is C14H19ClN6. The number of rotatable bonds is 5. The Balaban J connectivity index is 1.96. The van der Waals surface area contributed by atoms with Gasteiger partial charge in [0.2, 0.25) is 0 Å². The summed E-state index contributed by atoms with van der Waals surface area (Å²) in [6, 6.07) is 0. The van der Waals surface area contributed by atoms with Crippen LogP contribution in [-0.4, -0.2) is 35.0 Å². The molecule has 3 aromatic rings. The van der Waals surface area contributed by atoms with Crippen molar-refractivity contribution in [3.63, 3.8) is 0 Å². The van der Waals surface area contributed by atoms with Crippen LogP contribution < -0.4 is 0 Å². The predicted octanol–water partition coefficient (Wildman–Crippen LogP) is 1.84. The van der Waals surface area contributed by atoms with Crippen molar-refractivity contribution in [2.24, 2.45) is 14.1 Å². The van der Waals surface area contributed by atoms with Gasteiger partial charge in [-0.15, -0.1) is 11.6 Å². The maximum absolute atomic E-state index is 5.91. The second-order valence-electron chi connectivity index (χ2n) is 5.27. The average molecular weight is 307 g/mol. The number of hydrogen-bond donors (Lipinski definition) is 0. The fourth-order valence-corrected chi connectivity index (χ4v) is 2.90. The Hall–Kier alpha value is -1.82. The molecule has 0 bridgehead atoms. The average Bonchev–Trinajstić information content (AvgIpc) is 3.07. The third-order valence-electron chi connectivity index (χ3n) is 3.67. The van der Waals surface area contributed by atoms with Crippen molar-refractivity contribution in [3.05, 3.63) is 29.5 Å². The Kier molecular flexibility index (Phi) is 3.71. The van der Waals surface area contributed by atoms with Gasteiger partial charge in [0.1, 0.15) is 11.3 Å². The highest BCUT2D eigenvalue weighted by Gasteiger charge is 2.16. The zero-order valence-electron chi connectivity index (χ0n) is 12.5. The molecule has 0 aliphatic heterocycles. The standard InChI is InChI=1S/C14H19ClN6/c1-10-13-14(20(3)18-10)21(12(17-13)4-6-15)7-5-11-8-16-19(2)9-11/h8-9H,4-7H2,1-3H3. The maximum atomic E-state index is 5.91. The number of nitrogens with zero attached hydrogens (tertiary/aromatic N) is 6. The number of hydrogen-bond acceptors (Lipinski definition) is 3. The lowest BCUT2D eigenvalue weighted by molar-refractivity contribution is 0.641. The van der Waals surface area contributed by atoms with E-state index >= 15 is 0 Å². The molecule has 0 fully saturated rings. The highest BCUT2D eigenvalue weighted by Crippen LogP contribution is 2.20. The summed E-state index contributed by atoms with van der Waals surface area (Å²) in [6.45, 7) is 2.85. The third kappa shape index (κ3) is 2.55. The minimum Gasteiger partial charge on any atom is -0.313 e. The van der Waals surface area contributed by atoms with Crippen molar-refractivity contribution >= 4 is 22.8 Å². The maximum Gasteiger partial charge on any atom is 0.158 e. The summed E-state index contributed by atoms with van der Waals surface area (Å²) >= 11 is 5.91. The van der Waals surface area contributed by atoms with E-state index in [9.17, 15) is 0 Å². The zero-order chi connectivity index (χ0) is 15.0. The molecule has 112 valence electrons. The Labute approximate surface area is 128 Å². The first-order chi connectivity index (χ1) is 10.1. The summed E-state index contributed by atoms with van der Waals surface area (Å²) in [4.78, 5) is 4.71. The zero-order valence-corrected chi connectivity index (χ0v) is 13.3. The molecule has 0 amide bonds. The molecule has 0 aliphatic carbocycles. The van der Waals surface area contributed by atoms with Gasteiger partial charge in [0.25, 0.3) is 0 Å². The topological polar surface area (TPSA) is 53.5 Å². The molecule has 0 aliphatic rings. The van der Waals surface area contributed by atoms with Crippen LogP contribution in [0.25, 0.3) is 11.2 Å². The highest BCUT2D eigenvalue weighted by atomic mass is 35.5. The normalized spacial score (nSPS) is 11.6. The number of fused-ring (bicyclic) bond motifs is 1. The predicted molar refractivity (Wildman–Crippen MR) is 82.6 cm³/mol. The van der Waals surface area contributed by atoms with E-state index in [0.29, 0.717) is 5.88 Å². The number of aryl methyl sites for hydroxylation is 6. The number of imidazole rings is 1. The number of aromatic nitrogens is 6. The Morgan fingerprint density at radius 2 is 2.05 bits per heavy atom. The monoisotopic (exact) mass is 306 g/mol. The first-order valence-electron chi connectivity index (χ1n) is 7.02. The van der Waals surface area contributed by atoms with Gasteiger partial charge in [0, 0.05) is 39.1 Å². The van der Waals surface area contributed by atoms with Crippen molar-refractivity contribution in [3.8, 4) is 0 Å². The molecular weight excluding hydrogens is 288 g/mol. The van der Waals surface area contributed by atoms with E-state index in [1.54, 1.807) is 0 Å². The third-order valence-corrected chi connectivity index (χ3v) is 3.86. The van der Waals surface area contributed by atoms with Gasteiger partial charge in [-0.1, -0.05) is 0 Å². The Morgan fingerprint density at radius 3 is 2.71 bits per heavy atom. The van der Waals surface area contributed by atoms with Gasteiger partial charge in [-0.25, -0.2) is 4.98 Å². The fraction of sp³-hybridized carbons (Fsp3) is 0.500. The van der Waals surface area contributed by atoms with E-state index in [2.05, 4.69) is 14.8 Å². The van der Waals surface area contributed by atoms with Crippen LogP contribution in [0.2, 0.25) is 0 Å². The van der Waals surface area contributed by atoms with E-state index in [-0.39, 0.29) is 0 Å². The van der Waals surface area contributed by atoms with Crippen LogP contribution in [0.5, 0.6) is 0 Å². The van der Waals surface area contributed by atoms with Crippen LogP contribution in [0.3, 0.4) is 0 Å². The molecule has 0 aromatic carbocycles. The fourth-order valence-electron chi connectivity index (χ4n) is 2.73. The molecule has 0 N–H and O–H groups in total. The molecule has 0 saturated carbocycles. The molecule has 6 nitrogen and oxygen atoms in total. The molecule has 0 saturated heterocycles. The minimum atomic E-state index is 0.572. The van der Waals surface area contributed by atoms with Crippen molar-refractivity contribution < 1.29 is 0 Å². The molecule has 7 heteroatoms. The van der Waals surface area contributed by atoms with Crippen molar-refractivity contribution in [1.82, 2.24) is 29.1 Å². The molecule has 0 unspecified atom stereocenters. The van der Waals surface area contributed by atoms with E-state index in [1.807, 2.05) is 42.8 Å². The highest BCUT2D eigenvalue weighted by molar-refractivity contribution is 6.17. The van der Waals surface area contributed by atoms with E-state index < -0.39 is 0 Å². The summed E-state index contributed by atoms with van der Waals surface area (Å²) < 4.78 is 5.95. The lowest BCUT2D eigenvalue weighted by atomic mass is 10.2. The van der Waals surface area contributed by atoms with Crippen LogP contribution >= 0.6 is 11.6 Å². The van der Waals surface area contributed by atoms with Crippen LogP contribution in [0.4, 0.5) is 0 Å². The SMILES string of the molecule is Cc1nn(C)c2c1nc(CCCl)n2CCc1cnn(C)c1. The molecule has 3 aromatic heterocycles. The number of halogens is 1. The van der Waals surface area contributed by atoms with Gasteiger partial charge in [0.15, 0.2) is 5.65 Å². The summed E-state index contributed by atoms with van der Waals surface area (Å²) in [5.41, 5.74) is 4.22. The Morgan fingerprint density at radius 1 is 1.24 bits per heavy atom. The van der Waals surface area contributed by atoms with Gasteiger partial charge >= 0.3 is 0 Å². The molecule has 21 heavy (non-hydrogen) atoms. The Bertz CT molecular complexity index is 766. The van der Waals surface area contributed by atoms with Crippen molar-refractivity contribution in [2.45, 2.75) is 26.3 Å². The quantitative estimate of drug-likeness (QED) is 0.676. The van der Waals surface area contributed by atoms with Crippen molar-refractivity contribution in [1.29, 1.82) is 0 Å². The van der Waals surface area contributed by atoms with Gasteiger partial charge in [-0.2, -0.15) is 10.2 Å². The van der Waals surface area contributed by atoms with E-state index in [0.717, 1.165) is 42.1 Å². The second-order valence-corrected chi connectivity index (χ2v) is 5.65. The first-order valence-corrected chi connectivity index (χ1v) is 7.55. The molecule has 0 atom stereocenters. The number of alkyl halides is 1. The van der Waals surface area contributed by atoms with Crippen molar-refractivity contribution in [2.75, 3.05) is 5.88 Å². The second kappa shape index (κ2) is 5.52. The van der Waals surface area contributed by atoms with E-state index in [4.69, 9.17) is 16.6 Å². The van der Waals surface area contributed by atoms with Gasteiger partial charge in [0.05, 0.1) is 11.9 Å². The van der Waals surface area contributed by atoms with Crippen LogP contribution in [0, 0.1) is 6.92 Å². The lowest BCUT2D eigenvalue weighted by Crippen LogP contribution is -2.10. The lowest BCUT2D eigenvalue weighted by Gasteiger charge is -2.08. The smallest absolute Gasteiger partial charge is 0.158 e. The first kappa shape index (κ1) is 14.1. The summed E-state index contributed by atoms with van der Waals surface area (Å²) in [5.74, 6) is 1.60.